The molecule has 1 aromatic carbocycles. The van der Waals surface area contributed by atoms with Crippen LogP contribution in [-0.2, 0) is 6.42 Å². The number of hydrogen-bond acceptors (Lipinski definition) is 2. The van der Waals surface area contributed by atoms with Crippen molar-refractivity contribution in [3.8, 4) is 0 Å². The van der Waals surface area contributed by atoms with Crippen LogP contribution in [0.1, 0.15) is 44.1 Å². The number of rotatable bonds is 5. The second-order valence-electron chi connectivity index (χ2n) is 5.44. The monoisotopic (exact) mass is 246 g/mol. The van der Waals surface area contributed by atoms with Gasteiger partial charge in [0.15, 0.2) is 0 Å². The number of aliphatic hydroxyl groups excluding tert-OH is 1. The molecule has 0 heterocycles. The Kier molecular flexibility index (Phi) is 5.21. The van der Waals surface area contributed by atoms with Crippen LogP contribution in [0.3, 0.4) is 0 Å². The molecule has 1 aliphatic rings. The predicted molar refractivity (Wildman–Crippen MR) is 75.1 cm³/mol. The van der Waals surface area contributed by atoms with E-state index in [1.54, 1.807) is 0 Å². The second kappa shape index (κ2) is 6.91. The maximum atomic E-state index is 10.2. The minimum absolute atomic E-state index is 0.151. The van der Waals surface area contributed by atoms with Gasteiger partial charge < -0.3 is 10.8 Å². The molecule has 2 heteroatoms. The summed E-state index contributed by atoms with van der Waals surface area (Å²) in [6.45, 7) is 0. The van der Waals surface area contributed by atoms with E-state index in [1.807, 2.05) is 18.2 Å². The zero-order valence-electron chi connectivity index (χ0n) is 11.0. The third-order valence-electron chi connectivity index (χ3n) is 3.87. The average molecular weight is 246 g/mol. The molecular weight excluding hydrogens is 222 g/mol. The Morgan fingerprint density at radius 1 is 1.00 bits per heavy atom. The molecule has 1 aromatic rings. The maximum Gasteiger partial charge on any atom is 0.0699 e. The topological polar surface area (TPSA) is 46.2 Å². The maximum absolute atomic E-state index is 10.2. The fourth-order valence-electron chi connectivity index (χ4n) is 2.73. The molecule has 0 aromatic heterocycles. The van der Waals surface area contributed by atoms with Crippen LogP contribution in [-0.4, -0.2) is 17.3 Å². The van der Waals surface area contributed by atoms with Gasteiger partial charge in [-0.1, -0.05) is 49.6 Å². The van der Waals surface area contributed by atoms with Crippen molar-refractivity contribution in [3.05, 3.63) is 41.8 Å². The van der Waals surface area contributed by atoms with Gasteiger partial charge in [-0.05, 0) is 37.2 Å². The van der Waals surface area contributed by atoms with Crippen LogP contribution in [0.2, 0.25) is 0 Å². The molecule has 0 saturated heterocycles. The first kappa shape index (κ1) is 13.6. The van der Waals surface area contributed by atoms with E-state index in [4.69, 9.17) is 5.73 Å². The van der Waals surface area contributed by atoms with E-state index in [0.29, 0.717) is 0 Å². The quantitative estimate of drug-likeness (QED) is 0.839. The summed E-state index contributed by atoms with van der Waals surface area (Å²) in [5.74, 6) is 1.51. The van der Waals surface area contributed by atoms with E-state index in [-0.39, 0.29) is 6.04 Å². The molecule has 1 radical (unpaired) electrons. The summed E-state index contributed by atoms with van der Waals surface area (Å²) in [6.07, 6.45) is 7.47. The second-order valence-corrected chi connectivity index (χ2v) is 5.44. The molecule has 0 spiro atoms. The summed E-state index contributed by atoms with van der Waals surface area (Å²) in [6, 6.07) is 10.0. The van der Waals surface area contributed by atoms with Gasteiger partial charge in [0.2, 0.25) is 0 Å². The van der Waals surface area contributed by atoms with E-state index in [2.05, 4.69) is 12.1 Å². The van der Waals surface area contributed by atoms with Crippen LogP contribution in [0.25, 0.3) is 0 Å². The van der Waals surface area contributed by atoms with Crippen molar-refractivity contribution in [1.82, 2.24) is 0 Å². The molecular formula is C16H24NO. The summed E-state index contributed by atoms with van der Waals surface area (Å²) >= 11 is 0. The van der Waals surface area contributed by atoms with E-state index in [1.165, 1.54) is 43.6 Å². The fourth-order valence-corrected chi connectivity index (χ4v) is 2.73. The third kappa shape index (κ3) is 4.11. The standard InChI is InChI=1S/C16H24NO/c17-15(11-13-7-3-1-4-8-13)16(18)12-14-9-5-2-6-10-14/h1,3-4,7-8,15-16,18H,2,5-6,9-12,17H2. The molecule has 0 bridgehead atoms. The molecule has 2 atom stereocenters. The van der Waals surface area contributed by atoms with Crippen LogP contribution >= 0.6 is 0 Å². The summed E-state index contributed by atoms with van der Waals surface area (Å²) in [4.78, 5) is 0. The van der Waals surface area contributed by atoms with E-state index >= 15 is 0 Å². The minimum Gasteiger partial charge on any atom is -0.391 e. The molecule has 0 aliphatic heterocycles. The Hall–Kier alpha value is -0.860. The molecule has 1 fully saturated rings. The Labute approximate surface area is 110 Å². The van der Waals surface area contributed by atoms with Gasteiger partial charge in [-0.15, -0.1) is 0 Å². The van der Waals surface area contributed by atoms with Crippen molar-refractivity contribution < 1.29 is 5.11 Å². The molecule has 2 unspecified atom stereocenters. The van der Waals surface area contributed by atoms with Crippen LogP contribution in [0.15, 0.2) is 30.3 Å². The molecule has 99 valence electrons. The van der Waals surface area contributed by atoms with Gasteiger partial charge in [0, 0.05) is 6.04 Å². The lowest BCUT2D eigenvalue weighted by Gasteiger charge is -2.26. The van der Waals surface area contributed by atoms with Gasteiger partial charge in [-0.25, -0.2) is 0 Å². The smallest absolute Gasteiger partial charge is 0.0699 e. The Morgan fingerprint density at radius 2 is 1.67 bits per heavy atom. The van der Waals surface area contributed by atoms with Gasteiger partial charge in [0.1, 0.15) is 0 Å². The number of nitrogens with two attached hydrogens (primary N) is 1. The molecule has 1 saturated carbocycles. The van der Waals surface area contributed by atoms with Crippen LogP contribution in [0.5, 0.6) is 0 Å². The minimum atomic E-state index is -0.390. The lowest BCUT2D eigenvalue weighted by Crippen LogP contribution is -2.37. The van der Waals surface area contributed by atoms with Gasteiger partial charge in [-0.2, -0.15) is 0 Å². The molecule has 2 rings (SSSR count). The summed E-state index contributed by atoms with van der Waals surface area (Å²) in [5, 5.41) is 10.2. The van der Waals surface area contributed by atoms with Crippen molar-refractivity contribution in [2.75, 3.05) is 0 Å². The summed E-state index contributed by atoms with van der Waals surface area (Å²) in [5.41, 5.74) is 7.31. The van der Waals surface area contributed by atoms with Gasteiger partial charge in [0.05, 0.1) is 6.10 Å². The SMILES string of the molecule is NC(Cc1ccccc1)C(O)C[C]1CCCCC1. The van der Waals surface area contributed by atoms with Crippen molar-refractivity contribution in [1.29, 1.82) is 0 Å². The summed E-state index contributed by atoms with van der Waals surface area (Å²) in [7, 11) is 0. The number of aliphatic hydroxyl groups is 1. The molecule has 3 N–H and O–H groups in total. The van der Waals surface area contributed by atoms with E-state index in [0.717, 1.165) is 12.8 Å². The van der Waals surface area contributed by atoms with Crippen molar-refractivity contribution in [2.24, 2.45) is 5.73 Å². The lowest BCUT2D eigenvalue weighted by atomic mass is 9.83. The highest BCUT2D eigenvalue weighted by Gasteiger charge is 2.22. The highest BCUT2D eigenvalue weighted by atomic mass is 16.3. The normalized spacial score (nSPS) is 20.6. The predicted octanol–water partition coefficient (Wildman–Crippen LogP) is 2.85. The molecule has 18 heavy (non-hydrogen) atoms. The van der Waals surface area contributed by atoms with Crippen LogP contribution in [0.4, 0.5) is 0 Å². The van der Waals surface area contributed by atoms with Gasteiger partial charge in [-0.3, -0.25) is 0 Å². The highest BCUT2D eigenvalue weighted by Crippen LogP contribution is 2.29. The van der Waals surface area contributed by atoms with E-state index in [9.17, 15) is 5.11 Å². The van der Waals surface area contributed by atoms with Gasteiger partial charge in [0.25, 0.3) is 0 Å². The average Bonchev–Trinajstić information content (AvgIpc) is 2.41. The number of benzene rings is 1. The largest absolute Gasteiger partial charge is 0.391 e. The molecule has 1 aliphatic carbocycles. The van der Waals surface area contributed by atoms with Gasteiger partial charge >= 0.3 is 0 Å². The Bertz CT molecular complexity index is 332. The highest BCUT2D eigenvalue weighted by molar-refractivity contribution is 5.16. The lowest BCUT2D eigenvalue weighted by molar-refractivity contribution is 0.133. The van der Waals surface area contributed by atoms with Crippen molar-refractivity contribution in [2.45, 2.75) is 57.1 Å². The molecule has 2 nitrogen and oxygen atoms in total. The number of hydrogen-bond donors (Lipinski definition) is 2. The zero-order valence-corrected chi connectivity index (χ0v) is 11.0. The summed E-state index contributed by atoms with van der Waals surface area (Å²) < 4.78 is 0. The van der Waals surface area contributed by atoms with Crippen LogP contribution < -0.4 is 5.73 Å². The first-order chi connectivity index (χ1) is 8.75. The first-order valence-corrected chi connectivity index (χ1v) is 7.07. The van der Waals surface area contributed by atoms with Crippen molar-refractivity contribution in [3.63, 3.8) is 0 Å². The van der Waals surface area contributed by atoms with E-state index < -0.39 is 6.10 Å². The fraction of sp³-hybridized carbons (Fsp3) is 0.562. The third-order valence-corrected chi connectivity index (χ3v) is 3.87. The Balaban J connectivity index is 1.79. The zero-order chi connectivity index (χ0) is 12.8. The van der Waals surface area contributed by atoms with Crippen LogP contribution in [0, 0.1) is 5.92 Å². The Morgan fingerprint density at radius 3 is 2.33 bits per heavy atom. The first-order valence-electron chi connectivity index (χ1n) is 7.07. The van der Waals surface area contributed by atoms with Crippen molar-refractivity contribution >= 4 is 0 Å². The molecule has 0 amide bonds.